The van der Waals surface area contributed by atoms with Crippen LogP contribution in [0.4, 0.5) is 0 Å². The van der Waals surface area contributed by atoms with Crippen molar-refractivity contribution in [3.05, 3.63) is 59.7 Å². The molecule has 0 saturated heterocycles. The van der Waals surface area contributed by atoms with Crippen LogP contribution in [0.25, 0.3) is 6.08 Å². The van der Waals surface area contributed by atoms with Crippen LogP contribution in [0.2, 0.25) is 0 Å². The first kappa shape index (κ1) is 20.8. The maximum Gasteiger partial charge on any atom is 0.244 e. The molecule has 0 saturated carbocycles. The van der Waals surface area contributed by atoms with E-state index in [4.69, 9.17) is 14.2 Å². The van der Waals surface area contributed by atoms with E-state index >= 15 is 0 Å². The number of fused-ring (bicyclic) bond motifs is 1. The lowest BCUT2D eigenvalue weighted by atomic mass is 9.83. The normalized spacial score (nSPS) is 17.3. The summed E-state index contributed by atoms with van der Waals surface area (Å²) in [7, 11) is 3.19. The van der Waals surface area contributed by atoms with Gasteiger partial charge in [0.1, 0.15) is 11.4 Å². The zero-order valence-electron chi connectivity index (χ0n) is 17.5. The van der Waals surface area contributed by atoms with Gasteiger partial charge in [-0.15, -0.1) is 0 Å². The van der Waals surface area contributed by atoms with Gasteiger partial charge in [0.25, 0.3) is 0 Å². The predicted octanol–water partition coefficient (Wildman–Crippen LogP) is 4.92. The molecule has 2 aromatic rings. The van der Waals surface area contributed by atoms with Crippen molar-refractivity contribution in [2.75, 3.05) is 14.2 Å². The van der Waals surface area contributed by atoms with Crippen molar-refractivity contribution in [2.45, 2.75) is 44.8 Å². The number of carbonyl (C=O) groups excluding carboxylic acids is 1. The van der Waals surface area contributed by atoms with E-state index in [9.17, 15) is 4.79 Å². The number of nitrogens with one attached hydrogen (secondary N) is 1. The molecule has 0 fully saturated rings. The van der Waals surface area contributed by atoms with Crippen LogP contribution < -0.4 is 19.5 Å². The Bertz CT molecular complexity index is 886. The average Bonchev–Trinajstić information content (AvgIpc) is 2.77. The fourth-order valence-electron chi connectivity index (χ4n) is 3.78. The second-order valence-corrected chi connectivity index (χ2v) is 7.24. The van der Waals surface area contributed by atoms with Gasteiger partial charge in [0.15, 0.2) is 11.5 Å². The molecule has 29 heavy (non-hydrogen) atoms. The molecule has 0 bridgehead atoms. The molecule has 0 unspecified atom stereocenters. The van der Waals surface area contributed by atoms with Crippen LogP contribution in [0.15, 0.2) is 48.5 Å². The maximum absolute atomic E-state index is 12.7. The summed E-state index contributed by atoms with van der Waals surface area (Å²) in [6.07, 6.45) is 5.87. The molecular weight excluding hydrogens is 366 g/mol. The van der Waals surface area contributed by atoms with Crippen LogP contribution in [0, 0.1) is 0 Å². The summed E-state index contributed by atoms with van der Waals surface area (Å²) in [5.41, 5.74) is 1.64. The van der Waals surface area contributed by atoms with Crippen LogP contribution in [-0.2, 0) is 4.79 Å². The van der Waals surface area contributed by atoms with Gasteiger partial charge in [-0.1, -0.05) is 38.1 Å². The highest BCUT2D eigenvalue weighted by atomic mass is 16.5. The van der Waals surface area contributed by atoms with Crippen molar-refractivity contribution in [1.29, 1.82) is 0 Å². The second-order valence-electron chi connectivity index (χ2n) is 7.24. The zero-order chi connectivity index (χ0) is 20.9. The number of amides is 1. The Hall–Kier alpha value is -2.95. The lowest BCUT2D eigenvalue weighted by Gasteiger charge is -2.41. The van der Waals surface area contributed by atoms with Gasteiger partial charge in [-0.25, -0.2) is 0 Å². The van der Waals surface area contributed by atoms with Crippen molar-refractivity contribution < 1.29 is 19.0 Å². The van der Waals surface area contributed by atoms with E-state index in [0.29, 0.717) is 11.5 Å². The summed E-state index contributed by atoms with van der Waals surface area (Å²) < 4.78 is 16.9. The van der Waals surface area contributed by atoms with Crippen LogP contribution in [0.5, 0.6) is 17.2 Å². The molecule has 154 valence electrons. The van der Waals surface area contributed by atoms with E-state index < -0.39 is 0 Å². The van der Waals surface area contributed by atoms with Crippen molar-refractivity contribution >= 4 is 12.0 Å². The van der Waals surface area contributed by atoms with Gasteiger partial charge in [-0.05, 0) is 42.7 Å². The van der Waals surface area contributed by atoms with E-state index in [0.717, 1.165) is 36.1 Å². The van der Waals surface area contributed by atoms with Crippen molar-refractivity contribution in [2.24, 2.45) is 0 Å². The van der Waals surface area contributed by atoms with E-state index in [1.165, 1.54) is 0 Å². The molecule has 1 aliphatic heterocycles. The third-order valence-corrected chi connectivity index (χ3v) is 5.64. The minimum absolute atomic E-state index is 0.0811. The molecular formula is C24H29NO4. The van der Waals surface area contributed by atoms with Gasteiger partial charge >= 0.3 is 0 Å². The fourth-order valence-corrected chi connectivity index (χ4v) is 3.78. The number of ether oxygens (including phenoxy) is 3. The summed E-state index contributed by atoms with van der Waals surface area (Å²) in [6, 6.07) is 13.4. The Morgan fingerprint density at radius 1 is 1.14 bits per heavy atom. The van der Waals surface area contributed by atoms with Gasteiger partial charge in [-0.3, -0.25) is 4.79 Å². The zero-order valence-corrected chi connectivity index (χ0v) is 17.5. The number of rotatable bonds is 7. The molecule has 1 amide bonds. The number of hydrogen-bond donors (Lipinski definition) is 1. The number of benzene rings is 2. The largest absolute Gasteiger partial charge is 0.493 e. The Morgan fingerprint density at radius 3 is 2.55 bits per heavy atom. The van der Waals surface area contributed by atoms with E-state index in [1.54, 1.807) is 26.4 Å². The average molecular weight is 395 g/mol. The Balaban J connectivity index is 1.77. The fraction of sp³-hybridized carbons (Fsp3) is 0.375. The first-order valence-corrected chi connectivity index (χ1v) is 10.0. The maximum atomic E-state index is 12.7. The van der Waals surface area contributed by atoms with E-state index in [1.807, 2.05) is 42.5 Å². The monoisotopic (exact) mass is 395 g/mol. The molecule has 0 spiro atoms. The molecule has 1 N–H and O–H groups in total. The van der Waals surface area contributed by atoms with Crippen molar-refractivity contribution in [3.63, 3.8) is 0 Å². The Labute approximate surface area is 172 Å². The second kappa shape index (κ2) is 9.03. The molecule has 5 nitrogen and oxygen atoms in total. The molecule has 2 aromatic carbocycles. The first-order valence-electron chi connectivity index (χ1n) is 10.0. The summed E-state index contributed by atoms with van der Waals surface area (Å²) >= 11 is 0. The molecule has 0 aromatic heterocycles. The van der Waals surface area contributed by atoms with Crippen molar-refractivity contribution in [3.8, 4) is 17.2 Å². The van der Waals surface area contributed by atoms with E-state index in [2.05, 4.69) is 19.2 Å². The first-order chi connectivity index (χ1) is 14.0. The number of hydrogen-bond acceptors (Lipinski definition) is 4. The summed E-state index contributed by atoms with van der Waals surface area (Å²) in [6.45, 7) is 4.26. The Morgan fingerprint density at radius 2 is 1.86 bits per heavy atom. The summed E-state index contributed by atoms with van der Waals surface area (Å²) in [5, 5.41) is 3.16. The smallest absolute Gasteiger partial charge is 0.244 e. The highest BCUT2D eigenvalue weighted by Gasteiger charge is 2.38. The summed E-state index contributed by atoms with van der Waals surface area (Å²) in [4.78, 5) is 12.7. The lowest BCUT2D eigenvalue weighted by Crippen LogP contribution is -2.44. The quantitative estimate of drug-likeness (QED) is 0.677. The SMILES string of the molecule is CCC1(CC)C[C@H](NC(=O)/C=C/c2ccc(OC)c(OC)c2)c2ccccc2O1. The third kappa shape index (κ3) is 4.56. The predicted molar refractivity (Wildman–Crippen MR) is 114 cm³/mol. The van der Waals surface area contributed by atoms with Gasteiger partial charge < -0.3 is 19.5 Å². The number of carbonyl (C=O) groups is 1. The minimum atomic E-state index is -0.251. The van der Waals surface area contributed by atoms with Crippen LogP contribution in [-0.4, -0.2) is 25.7 Å². The molecule has 0 radical (unpaired) electrons. The highest BCUT2D eigenvalue weighted by molar-refractivity contribution is 5.92. The highest BCUT2D eigenvalue weighted by Crippen LogP contribution is 2.42. The third-order valence-electron chi connectivity index (χ3n) is 5.64. The molecule has 0 aliphatic carbocycles. The van der Waals surface area contributed by atoms with Gasteiger partial charge in [0.2, 0.25) is 5.91 Å². The van der Waals surface area contributed by atoms with Crippen LogP contribution in [0.3, 0.4) is 0 Å². The molecule has 1 heterocycles. The lowest BCUT2D eigenvalue weighted by molar-refractivity contribution is -0.117. The van der Waals surface area contributed by atoms with Gasteiger partial charge in [0.05, 0.1) is 20.3 Å². The van der Waals surface area contributed by atoms with Gasteiger partial charge in [-0.2, -0.15) is 0 Å². The molecule has 5 heteroatoms. The van der Waals surface area contributed by atoms with E-state index in [-0.39, 0.29) is 17.6 Å². The minimum Gasteiger partial charge on any atom is -0.493 e. The van der Waals surface area contributed by atoms with Crippen LogP contribution in [0.1, 0.15) is 50.3 Å². The summed E-state index contributed by atoms with van der Waals surface area (Å²) in [5.74, 6) is 2.01. The topological polar surface area (TPSA) is 56.8 Å². The molecule has 3 rings (SSSR count). The standard InChI is InChI=1S/C24H29NO4/c1-5-24(6-2)16-19(18-9-7-8-10-20(18)29-24)25-23(26)14-12-17-11-13-21(27-3)22(15-17)28-4/h7-15,19H,5-6,16H2,1-4H3,(H,25,26)/b14-12+/t19-/m0/s1. The van der Waals surface area contributed by atoms with Crippen molar-refractivity contribution in [1.82, 2.24) is 5.32 Å². The molecule has 1 atom stereocenters. The Kier molecular flexibility index (Phi) is 6.47. The number of methoxy groups -OCH3 is 2. The van der Waals surface area contributed by atoms with Crippen LogP contribution >= 0.6 is 0 Å². The number of para-hydroxylation sites is 1. The molecule has 1 aliphatic rings. The van der Waals surface area contributed by atoms with Gasteiger partial charge in [0, 0.05) is 18.1 Å².